The van der Waals surface area contributed by atoms with Gasteiger partial charge in [-0.1, -0.05) is 39.0 Å². The van der Waals surface area contributed by atoms with E-state index in [2.05, 4.69) is 42.6 Å². The van der Waals surface area contributed by atoms with E-state index in [0.29, 0.717) is 24.1 Å². The standard InChI is InChI=1S/C35H49N5O9/c1-7-33(5)13-26(34(6)20(3)8-10-35(21(4)30(33)44)11-9-23(41)29(34)35)49-28(43)16-39-15-22(37-38-39)17-47-18-25-24(42)12-27(48-25)40-14-19(2)31(45)36-32(40)46/h7,14-15,20-21,24-27,29-30,42,44H,1,8-13,16-18H2,2-6H3,(H,36,45,46)/t20-,21+,24+,25-,26-,27-,29-,30+,33-,34+,35+/m1/s1. The Kier molecular flexibility index (Phi) is 9.40. The Morgan fingerprint density at radius 3 is 2.69 bits per heavy atom. The molecule has 49 heavy (non-hydrogen) atoms. The number of hydrogen-bond donors (Lipinski definition) is 3. The van der Waals surface area contributed by atoms with Crippen LogP contribution in [0.15, 0.2) is 34.6 Å². The Hall–Kier alpha value is -3.46. The van der Waals surface area contributed by atoms with Crippen molar-refractivity contribution in [2.24, 2.45) is 34.0 Å². The van der Waals surface area contributed by atoms with Gasteiger partial charge in [-0.2, -0.15) is 0 Å². The van der Waals surface area contributed by atoms with Gasteiger partial charge in [-0.15, -0.1) is 11.7 Å². The largest absolute Gasteiger partial charge is 0.460 e. The molecule has 14 nitrogen and oxygen atoms in total. The Morgan fingerprint density at radius 2 is 1.96 bits per heavy atom. The van der Waals surface area contributed by atoms with Crippen molar-refractivity contribution in [2.75, 3.05) is 6.61 Å². The molecule has 3 aliphatic carbocycles. The van der Waals surface area contributed by atoms with Gasteiger partial charge in [-0.05, 0) is 49.9 Å². The topological polar surface area (TPSA) is 188 Å². The number of aliphatic hydroxyl groups excluding tert-OH is 2. The molecule has 14 heteroatoms. The zero-order valence-corrected chi connectivity index (χ0v) is 29.0. The molecule has 2 bridgehead atoms. The summed E-state index contributed by atoms with van der Waals surface area (Å²) in [6, 6.07) is 0. The van der Waals surface area contributed by atoms with Crippen LogP contribution in [0.2, 0.25) is 0 Å². The summed E-state index contributed by atoms with van der Waals surface area (Å²) < 4.78 is 20.5. The summed E-state index contributed by atoms with van der Waals surface area (Å²) in [6.45, 7) is 13.8. The molecule has 0 amide bonds. The third kappa shape index (κ3) is 6.04. The highest BCUT2D eigenvalue weighted by Crippen LogP contribution is 2.68. The second-order valence-electron chi connectivity index (χ2n) is 15.4. The molecular weight excluding hydrogens is 634 g/mol. The van der Waals surface area contributed by atoms with Gasteiger partial charge in [-0.3, -0.25) is 23.9 Å². The van der Waals surface area contributed by atoms with E-state index in [0.717, 1.165) is 19.3 Å². The summed E-state index contributed by atoms with van der Waals surface area (Å²) in [5.41, 5.74) is -2.00. The van der Waals surface area contributed by atoms with Gasteiger partial charge in [0.1, 0.15) is 36.5 Å². The molecule has 1 aliphatic heterocycles. The molecular formula is C35H49N5O9. The Balaban J connectivity index is 1.10. The quantitative estimate of drug-likeness (QED) is 0.260. The highest BCUT2D eigenvalue weighted by atomic mass is 16.6. The fourth-order valence-electron chi connectivity index (χ4n) is 9.43. The number of esters is 1. The first-order valence-electron chi connectivity index (χ1n) is 17.3. The van der Waals surface area contributed by atoms with E-state index in [1.807, 2.05) is 6.92 Å². The minimum absolute atomic E-state index is 0.00994. The molecule has 4 fully saturated rings. The predicted octanol–water partition coefficient (Wildman–Crippen LogP) is 2.21. The van der Waals surface area contributed by atoms with Crippen LogP contribution in [0.3, 0.4) is 0 Å². The number of nitrogens with zero attached hydrogens (tertiary/aromatic N) is 4. The number of aromatic nitrogens is 5. The molecule has 3 heterocycles. The molecule has 3 N–H and O–H groups in total. The monoisotopic (exact) mass is 683 g/mol. The maximum atomic E-state index is 13.6. The smallest absolute Gasteiger partial charge is 0.330 e. The Labute approximate surface area is 284 Å². The van der Waals surface area contributed by atoms with E-state index < -0.39 is 58.7 Å². The van der Waals surface area contributed by atoms with Crippen molar-refractivity contribution in [1.29, 1.82) is 0 Å². The van der Waals surface area contributed by atoms with E-state index in [1.165, 1.54) is 15.4 Å². The normalized spacial score (nSPS) is 38.9. The van der Waals surface area contributed by atoms with Crippen molar-refractivity contribution < 1.29 is 34.0 Å². The third-order valence-electron chi connectivity index (χ3n) is 12.6. The summed E-state index contributed by atoms with van der Waals surface area (Å²) in [7, 11) is 0. The lowest BCUT2D eigenvalue weighted by atomic mass is 9.44. The van der Waals surface area contributed by atoms with E-state index in [4.69, 9.17) is 14.2 Å². The van der Waals surface area contributed by atoms with Crippen LogP contribution in [0.4, 0.5) is 0 Å². The maximum absolute atomic E-state index is 13.6. The number of aromatic amines is 1. The lowest BCUT2D eigenvalue weighted by molar-refractivity contribution is -0.207. The zero-order chi connectivity index (χ0) is 35.5. The summed E-state index contributed by atoms with van der Waals surface area (Å²) >= 11 is 0. The minimum Gasteiger partial charge on any atom is -0.460 e. The second-order valence-corrected chi connectivity index (χ2v) is 15.4. The first kappa shape index (κ1) is 35.4. The lowest BCUT2D eigenvalue weighted by Gasteiger charge is -2.61. The van der Waals surface area contributed by atoms with Gasteiger partial charge in [0.25, 0.3) is 5.56 Å². The van der Waals surface area contributed by atoms with Crippen molar-refractivity contribution in [3.05, 3.63) is 57.1 Å². The van der Waals surface area contributed by atoms with Gasteiger partial charge in [-0.25, -0.2) is 9.48 Å². The van der Waals surface area contributed by atoms with E-state index in [9.17, 15) is 29.4 Å². The SMILES string of the molecule is C=C[C@]1(C)C[C@@H](OC(=O)Cn2cc(COC[C@H]3O[C@@H](n4cc(C)c(=O)[nH]c4=O)C[C@@H]3O)nn2)[C@]2(C)[C@H](C)CC[C@]3(CCC(=O)[C@@H]32)[C@@H](C)[C@@H]1O. The maximum Gasteiger partial charge on any atom is 0.330 e. The molecule has 3 saturated carbocycles. The highest BCUT2D eigenvalue weighted by Gasteiger charge is 2.68. The number of carbonyl (C=O) groups excluding carboxylic acids is 2. The lowest BCUT2D eigenvalue weighted by Crippen LogP contribution is -2.63. The molecule has 4 aliphatic rings. The van der Waals surface area contributed by atoms with Crippen LogP contribution < -0.4 is 11.2 Å². The number of ether oxygens (including phenoxy) is 3. The number of nitrogens with one attached hydrogen (secondary N) is 1. The highest BCUT2D eigenvalue weighted by molar-refractivity contribution is 5.85. The number of ketones is 1. The fourth-order valence-corrected chi connectivity index (χ4v) is 9.43. The van der Waals surface area contributed by atoms with E-state index in [-0.39, 0.29) is 55.1 Å². The van der Waals surface area contributed by atoms with Crippen LogP contribution in [0, 0.1) is 40.9 Å². The molecule has 0 spiro atoms. The zero-order valence-electron chi connectivity index (χ0n) is 29.0. The first-order chi connectivity index (χ1) is 23.1. The molecule has 1 saturated heterocycles. The van der Waals surface area contributed by atoms with Crippen LogP contribution >= 0.6 is 0 Å². The van der Waals surface area contributed by atoms with Crippen LogP contribution in [0.25, 0.3) is 0 Å². The number of H-pyrrole nitrogens is 1. The molecule has 2 aromatic heterocycles. The predicted molar refractivity (Wildman–Crippen MR) is 175 cm³/mol. The average Bonchev–Trinajstić information content (AvgIpc) is 3.76. The Bertz CT molecular complexity index is 1720. The number of carbonyl (C=O) groups is 2. The molecule has 11 atom stereocenters. The fraction of sp³-hybridized carbons (Fsp3) is 0.714. The van der Waals surface area contributed by atoms with Gasteiger partial charge < -0.3 is 24.4 Å². The van der Waals surface area contributed by atoms with Crippen molar-refractivity contribution in [3.8, 4) is 0 Å². The van der Waals surface area contributed by atoms with Crippen molar-refractivity contribution in [1.82, 2.24) is 24.5 Å². The number of rotatable bonds is 9. The van der Waals surface area contributed by atoms with Gasteiger partial charge in [0.15, 0.2) is 0 Å². The molecule has 6 rings (SSSR count). The second kappa shape index (κ2) is 13.0. The number of aryl methyl sites for hydroxylation is 1. The third-order valence-corrected chi connectivity index (χ3v) is 12.6. The van der Waals surface area contributed by atoms with Crippen molar-refractivity contribution >= 4 is 11.8 Å². The van der Waals surface area contributed by atoms with Gasteiger partial charge in [0, 0.05) is 41.3 Å². The van der Waals surface area contributed by atoms with Crippen LogP contribution in [0.5, 0.6) is 0 Å². The van der Waals surface area contributed by atoms with Crippen LogP contribution in [0.1, 0.15) is 83.7 Å². The first-order valence-corrected chi connectivity index (χ1v) is 17.3. The van der Waals surface area contributed by atoms with E-state index in [1.54, 1.807) is 19.2 Å². The average molecular weight is 684 g/mol. The number of Topliss-reactive ketones (excluding diaryl/α,β-unsaturated/α-hetero) is 1. The van der Waals surface area contributed by atoms with Crippen molar-refractivity contribution in [3.63, 3.8) is 0 Å². The minimum atomic E-state index is -0.895. The van der Waals surface area contributed by atoms with Gasteiger partial charge >= 0.3 is 11.7 Å². The molecule has 2 aromatic rings. The van der Waals surface area contributed by atoms with E-state index >= 15 is 0 Å². The molecule has 268 valence electrons. The van der Waals surface area contributed by atoms with Gasteiger partial charge in [0.05, 0.1) is 31.6 Å². The number of aliphatic hydroxyl groups is 2. The van der Waals surface area contributed by atoms with Crippen LogP contribution in [-0.4, -0.2) is 77.5 Å². The summed E-state index contributed by atoms with van der Waals surface area (Å²) in [4.78, 5) is 53.4. The van der Waals surface area contributed by atoms with Gasteiger partial charge in [0.2, 0.25) is 0 Å². The Morgan fingerprint density at radius 1 is 1.20 bits per heavy atom. The summed E-state index contributed by atoms with van der Waals surface area (Å²) in [6.07, 6.45) is 4.46. The molecule has 0 unspecified atom stereocenters. The summed E-state index contributed by atoms with van der Waals surface area (Å²) in [5.74, 6) is -0.621. The molecule has 0 radical (unpaired) electrons. The summed E-state index contributed by atoms with van der Waals surface area (Å²) in [5, 5.41) is 30.4. The van der Waals surface area contributed by atoms with Crippen molar-refractivity contribution in [2.45, 2.75) is 117 Å². The molecule has 0 aromatic carbocycles. The number of hydrogen-bond acceptors (Lipinski definition) is 11. The van der Waals surface area contributed by atoms with Crippen LogP contribution in [-0.2, 0) is 37.0 Å².